The first kappa shape index (κ1) is 12.6. The van der Waals surface area contributed by atoms with Gasteiger partial charge in [0.1, 0.15) is 0 Å². The second-order valence-corrected chi connectivity index (χ2v) is 5.31. The zero-order valence-corrected chi connectivity index (χ0v) is 11.2. The molecule has 1 aliphatic heterocycles. The Morgan fingerprint density at radius 3 is 2.65 bits per heavy atom. The molecule has 1 aromatic rings. The molecule has 1 aliphatic rings. The van der Waals surface area contributed by atoms with Gasteiger partial charge in [-0.25, -0.2) is 4.79 Å². The monoisotopic (exact) mass is 297 g/mol. The van der Waals surface area contributed by atoms with Gasteiger partial charge in [0, 0.05) is 11.0 Å². The van der Waals surface area contributed by atoms with E-state index in [2.05, 4.69) is 20.8 Å². The van der Waals surface area contributed by atoms with E-state index in [9.17, 15) is 4.79 Å². The van der Waals surface area contributed by atoms with Crippen LogP contribution in [0.4, 0.5) is 0 Å². The summed E-state index contributed by atoms with van der Waals surface area (Å²) < 4.78 is 0.646. The highest BCUT2D eigenvalue weighted by atomic mass is 79.9. The van der Waals surface area contributed by atoms with E-state index in [0.717, 1.165) is 25.2 Å². The van der Waals surface area contributed by atoms with Crippen molar-refractivity contribution in [2.75, 3.05) is 13.1 Å². The number of nitrogens with zero attached hydrogens (tertiary/aromatic N) is 1. The zero-order valence-electron chi connectivity index (χ0n) is 9.66. The third-order valence-electron chi connectivity index (χ3n) is 3.12. The zero-order chi connectivity index (χ0) is 12.3. The average Bonchev–Trinajstić information content (AvgIpc) is 2.32. The lowest BCUT2D eigenvalue weighted by atomic mass is 10.1. The van der Waals surface area contributed by atoms with Crippen molar-refractivity contribution in [3.63, 3.8) is 0 Å². The van der Waals surface area contributed by atoms with E-state index < -0.39 is 5.97 Å². The van der Waals surface area contributed by atoms with Crippen molar-refractivity contribution < 1.29 is 9.90 Å². The van der Waals surface area contributed by atoms with Crippen molar-refractivity contribution in [3.8, 4) is 0 Å². The molecule has 0 amide bonds. The Balaban J connectivity index is 2.10. The molecule has 0 atom stereocenters. The molecule has 4 heteroatoms. The van der Waals surface area contributed by atoms with E-state index in [1.54, 1.807) is 6.07 Å². The fourth-order valence-corrected chi connectivity index (χ4v) is 2.63. The summed E-state index contributed by atoms with van der Waals surface area (Å²) in [6.45, 7) is 3.10. The van der Waals surface area contributed by atoms with Gasteiger partial charge in [0.2, 0.25) is 0 Å². The topological polar surface area (TPSA) is 40.5 Å². The Hall–Kier alpha value is -0.870. The SMILES string of the molecule is O=C(O)c1cc(CN2CCCCC2)ccc1Br. The number of hydrogen-bond donors (Lipinski definition) is 1. The van der Waals surface area contributed by atoms with Crippen LogP contribution < -0.4 is 0 Å². The van der Waals surface area contributed by atoms with E-state index in [4.69, 9.17) is 5.11 Å². The molecule has 0 aromatic heterocycles. The summed E-state index contributed by atoms with van der Waals surface area (Å²) in [7, 11) is 0. The number of halogens is 1. The van der Waals surface area contributed by atoms with Crippen molar-refractivity contribution in [1.82, 2.24) is 4.90 Å². The first-order chi connectivity index (χ1) is 8.16. The van der Waals surface area contributed by atoms with Crippen molar-refractivity contribution in [2.45, 2.75) is 25.8 Å². The van der Waals surface area contributed by atoms with E-state index in [1.165, 1.54) is 19.3 Å². The molecule has 1 saturated heterocycles. The number of likely N-dealkylation sites (tertiary alicyclic amines) is 1. The molecule has 1 aromatic carbocycles. The van der Waals surface area contributed by atoms with Crippen LogP contribution >= 0.6 is 15.9 Å². The van der Waals surface area contributed by atoms with Gasteiger partial charge in [-0.1, -0.05) is 12.5 Å². The maximum Gasteiger partial charge on any atom is 0.336 e. The van der Waals surface area contributed by atoms with Gasteiger partial charge in [-0.15, -0.1) is 0 Å². The van der Waals surface area contributed by atoms with Gasteiger partial charge in [-0.2, -0.15) is 0 Å². The Morgan fingerprint density at radius 1 is 1.29 bits per heavy atom. The van der Waals surface area contributed by atoms with Crippen LogP contribution in [0.1, 0.15) is 35.2 Å². The maximum absolute atomic E-state index is 11.0. The lowest BCUT2D eigenvalue weighted by molar-refractivity contribution is 0.0695. The van der Waals surface area contributed by atoms with Crippen LogP contribution in [0.3, 0.4) is 0 Å². The highest BCUT2D eigenvalue weighted by molar-refractivity contribution is 9.10. The summed E-state index contributed by atoms with van der Waals surface area (Å²) in [5, 5.41) is 9.05. The predicted molar refractivity (Wildman–Crippen MR) is 70.2 cm³/mol. The van der Waals surface area contributed by atoms with Gasteiger partial charge < -0.3 is 5.11 Å². The summed E-state index contributed by atoms with van der Waals surface area (Å²) in [6, 6.07) is 5.58. The van der Waals surface area contributed by atoms with Crippen LogP contribution in [0.5, 0.6) is 0 Å². The first-order valence-electron chi connectivity index (χ1n) is 5.91. The molecule has 1 heterocycles. The number of aromatic carboxylic acids is 1. The van der Waals surface area contributed by atoms with Gasteiger partial charge in [0.25, 0.3) is 0 Å². The minimum absolute atomic E-state index is 0.347. The standard InChI is InChI=1S/C13H16BrNO2/c14-12-5-4-10(8-11(12)13(16)17)9-15-6-2-1-3-7-15/h4-5,8H,1-3,6-7,9H2,(H,16,17). The molecule has 1 N–H and O–H groups in total. The van der Waals surface area contributed by atoms with Crippen LogP contribution in [-0.4, -0.2) is 29.1 Å². The number of rotatable bonds is 3. The Labute approximate surface area is 110 Å². The molecule has 0 aliphatic carbocycles. The third-order valence-corrected chi connectivity index (χ3v) is 3.81. The lowest BCUT2D eigenvalue weighted by Crippen LogP contribution is -2.29. The van der Waals surface area contributed by atoms with E-state index in [0.29, 0.717) is 10.0 Å². The number of carboxylic acid groups (broad SMARTS) is 1. The van der Waals surface area contributed by atoms with Gasteiger partial charge in [-0.05, 0) is 59.6 Å². The van der Waals surface area contributed by atoms with Crippen molar-refractivity contribution in [1.29, 1.82) is 0 Å². The molecular weight excluding hydrogens is 282 g/mol. The number of carbonyl (C=O) groups is 1. The number of carboxylic acids is 1. The first-order valence-corrected chi connectivity index (χ1v) is 6.70. The van der Waals surface area contributed by atoms with Crippen LogP contribution in [0, 0.1) is 0 Å². The van der Waals surface area contributed by atoms with E-state index in [-0.39, 0.29) is 0 Å². The van der Waals surface area contributed by atoms with Crippen LogP contribution in [0.2, 0.25) is 0 Å². The minimum atomic E-state index is -0.877. The number of benzene rings is 1. The van der Waals surface area contributed by atoms with Crippen molar-refractivity contribution in [2.24, 2.45) is 0 Å². The second-order valence-electron chi connectivity index (χ2n) is 4.46. The molecule has 2 rings (SSSR count). The minimum Gasteiger partial charge on any atom is -0.478 e. The molecule has 0 radical (unpaired) electrons. The molecule has 0 bridgehead atoms. The van der Waals surface area contributed by atoms with Gasteiger partial charge in [0.05, 0.1) is 5.56 Å². The second kappa shape index (κ2) is 5.65. The summed E-state index contributed by atoms with van der Waals surface area (Å²) in [5.74, 6) is -0.877. The summed E-state index contributed by atoms with van der Waals surface area (Å²) in [4.78, 5) is 13.4. The fourth-order valence-electron chi connectivity index (χ4n) is 2.21. The third kappa shape index (κ3) is 3.30. The highest BCUT2D eigenvalue weighted by Gasteiger charge is 2.13. The molecule has 92 valence electrons. The molecule has 1 fully saturated rings. The molecular formula is C13H16BrNO2. The van der Waals surface area contributed by atoms with Gasteiger partial charge in [0.15, 0.2) is 0 Å². The highest BCUT2D eigenvalue weighted by Crippen LogP contribution is 2.20. The Morgan fingerprint density at radius 2 is 2.00 bits per heavy atom. The summed E-state index contributed by atoms with van der Waals surface area (Å²) >= 11 is 3.26. The summed E-state index contributed by atoms with van der Waals surface area (Å²) in [5.41, 5.74) is 1.42. The molecule has 3 nitrogen and oxygen atoms in total. The summed E-state index contributed by atoms with van der Waals surface area (Å²) in [6.07, 6.45) is 3.82. The largest absolute Gasteiger partial charge is 0.478 e. The number of piperidine rings is 1. The quantitative estimate of drug-likeness (QED) is 0.932. The normalized spacial score (nSPS) is 17.0. The molecule has 17 heavy (non-hydrogen) atoms. The van der Waals surface area contributed by atoms with Gasteiger partial charge in [-0.3, -0.25) is 4.90 Å². The average molecular weight is 298 g/mol. The van der Waals surface area contributed by atoms with E-state index >= 15 is 0 Å². The van der Waals surface area contributed by atoms with Crippen LogP contribution in [0.15, 0.2) is 22.7 Å². The molecule has 0 saturated carbocycles. The number of hydrogen-bond acceptors (Lipinski definition) is 2. The predicted octanol–water partition coefficient (Wildman–Crippen LogP) is 3.13. The molecule has 0 unspecified atom stereocenters. The Kier molecular flexibility index (Phi) is 4.18. The van der Waals surface area contributed by atoms with Crippen molar-refractivity contribution >= 4 is 21.9 Å². The Bertz CT molecular complexity index is 414. The van der Waals surface area contributed by atoms with Crippen LogP contribution in [-0.2, 0) is 6.54 Å². The smallest absolute Gasteiger partial charge is 0.336 e. The van der Waals surface area contributed by atoms with Gasteiger partial charge >= 0.3 is 5.97 Å². The fraction of sp³-hybridized carbons (Fsp3) is 0.462. The lowest BCUT2D eigenvalue weighted by Gasteiger charge is -2.26. The molecule has 0 spiro atoms. The van der Waals surface area contributed by atoms with E-state index in [1.807, 2.05) is 12.1 Å². The van der Waals surface area contributed by atoms with Crippen molar-refractivity contribution in [3.05, 3.63) is 33.8 Å². The van der Waals surface area contributed by atoms with Crippen LogP contribution in [0.25, 0.3) is 0 Å². The maximum atomic E-state index is 11.0.